The average molecular weight is 1860 g/mol. The lowest BCUT2D eigenvalue weighted by Crippen LogP contribution is -2.34. The van der Waals surface area contributed by atoms with E-state index in [0.717, 1.165) is 199 Å². The van der Waals surface area contributed by atoms with Gasteiger partial charge in [0.15, 0.2) is 57.1 Å². The molecule has 722 valence electrons. The van der Waals surface area contributed by atoms with Crippen LogP contribution in [0.4, 0.5) is 25.7 Å². The molecular weight excluding hydrogens is 1680 g/mol. The first kappa shape index (κ1) is 116. The van der Waals surface area contributed by atoms with Crippen molar-refractivity contribution in [1.29, 1.82) is 0 Å². The number of anilines is 5. The number of unbranched alkanes of at least 4 members (excludes halogenated alkanes) is 18. The SMILES string of the molecule is CCCCC(CC)CN(CC(CC)CCCC)c1nc(-c2ccccc2)c(C=O)s1.CCCCC(CC)CN(CC(CC)CCCC)c1nc(C(C)(C)C)c(C=O)s1.CCCCCCCCN(CCCCCCCC)c1nc(C(C)(C)C)c(C=O)s1.CCCCN(CCCC)c1nc(-c2ccccc2)c(C=O)s1.CCCCN(CCCC)c1nc(C(C)(C)C)c(C=O)s1. The van der Waals surface area contributed by atoms with Crippen molar-refractivity contribution >= 4 is 114 Å². The van der Waals surface area contributed by atoms with Crippen LogP contribution in [0.5, 0.6) is 0 Å². The van der Waals surface area contributed by atoms with Gasteiger partial charge in [-0.1, -0.05) is 444 Å². The molecule has 4 unspecified atom stereocenters. The number of aromatic nitrogens is 5. The van der Waals surface area contributed by atoms with Crippen LogP contribution in [0.15, 0.2) is 60.7 Å². The molecule has 5 aromatic heterocycles. The van der Waals surface area contributed by atoms with E-state index in [1.54, 1.807) is 45.3 Å². The van der Waals surface area contributed by atoms with Crippen LogP contribution >= 0.6 is 56.7 Å². The molecule has 0 aliphatic rings. The molecular formula is C108H180N10O5S5. The Kier molecular flexibility index (Phi) is 60.9. The van der Waals surface area contributed by atoms with Crippen molar-refractivity contribution in [3.8, 4) is 22.5 Å². The fraction of sp³-hybridized carbons (Fsp3) is 0.704. The molecule has 4 atom stereocenters. The summed E-state index contributed by atoms with van der Waals surface area (Å²) < 4.78 is 0. The molecule has 7 aromatic rings. The molecule has 0 radical (unpaired) electrons. The highest BCUT2D eigenvalue weighted by atomic mass is 32.1. The maximum atomic E-state index is 11.8. The fourth-order valence-electron chi connectivity index (χ4n) is 15.7. The van der Waals surface area contributed by atoms with Crippen LogP contribution in [0.25, 0.3) is 22.5 Å². The molecule has 0 spiro atoms. The number of aldehydes is 5. The minimum atomic E-state index is -0.102. The van der Waals surface area contributed by atoms with Gasteiger partial charge in [-0.3, -0.25) is 24.0 Å². The van der Waals surface area contributed by atoms with E-state index < -0.39 is 0 Å². The van der Waals surface area contributed by atoms with Gasteiger partial charge in [0.2, 0.25) is 0 Å². The molecule has 0 N–H and O–H groups in total. The highest BCUT2D eigenvalue weighted by Crippen LogP contribution is 2.40. The largest absolute Gasteiger partial charge is 0.348 e. The number of thiazole rings is 5. The molecule has 0 aliphatic heterocycles. The van der Waals surface area contributed by atoms with Gasteiger partial charge in [0.05, 0.1) is 52.9 Å². The third-order valence-corrected chi connectivity index (χ3v) is 29.3. The Hall–Kier alpha value is -6.06. The first-order valence-corrected chi connectivity index (χ1v) is 54.9. The number of rotatable bonds is 62. The van der Waals surface area contributed by atoms with Crippen molar-refractivity contribution in [2.75, 3.05) is 89.9 Å². The Morgan fingerprint density at radius 2 is 0.469 bits per heavy atom. The summed E-state index contributed by atoms with van der Waals surface area (Å²) >= 11 is 7.79. The highest BCUT2D eigenvalue weighted by molar-refractivity contribution is 7.18. The topological polar surface area (TPSA) is 166 Å². The van der Waals surface area contributed by atoms with Crippen molar-refractivity contribution in [2.45, 2.75) is 407 Å². The minimum absolute atomic E-state index is 0.0772. The van der Waals surface area contributed by atoms with Gasteiger partial charge in [0.1, 0.15) is 0 Å². The third-order valence-electron chi connectivity index (χ3n) is 24.1. The number of nitrogens with zero attached hydrogens (tertiary/aromatic N) is 10. The van der Waals surface area contributed by atoms with E-state index in [1.807, 2.05) is 60.7 Å². The summed E-state index contributed by atoms with van der Waals surface area (Å²) in [5, 5.41) is 5.11. The van der Waals surface area contributed by atoms with Gasteiger partial charge in [0.25, 0.3) is 0 Å². The van der Waals surface area contributed by atoms with Crippen LogP contribution in [-0.4, -0.2) is 122 Å². The van der Waals surface area contributed by atoms with Crippen LogP contribution in [0.3, 0.4) is 0 Å². The molecule has 0 saturated carbocycles. The summed E-state index contributed by atoms with van der Waals surface area (Å²) in [6.45, 7) is 61.3. The van der Waals surface area contributed by atoms with E-state index in [4.69, 9.17) is 24.9 Å². The van der Waals surface area contributed by atoms with Crippen LogP contribution < -0.4 is 24.5 Å². The first-order chi connectivity index (χ1) is 61.6. The van der Waals surface area contributed by atoms with E-state index in [9.17, 15) is 24.0 Å². The second-order valence-electron chi connectivity index (χ2n) is 38.5. The Balaban J connectivity index is 0.000000416. The summed E-state index contributed by atoms with van der Waals surface area (Å²) in [7, 11) is 0. The van der Waals surface area contributed by atoms with E-state index in [2.05, 4.69) is 184 Å². The monoisotopic (exact) mass is 1860 g/mol. The molecule has 128 heavy (non-hydrogen) atoms. The van der Waals surface area contributed by atoms with E-state index in [1.165, 1.54) is 230 Å². The van der Waals surface area contributed by atoms with Crippen molar-refractivity contribution in [2.24, 2.45) is 23.7 Å². The quantitative estimate of drug-likeness (QED) is 0.0261. The van der Waals surface area contributed by atoms with Crippen LogP contribution in [0, 0.1) is 23.7 Å². The first-order valence-electron chi connectivity index (χ1n) is 50.8. The van der Waals surface area contributed by atoms with Crippen LogP contribution in [-0.2, 0) is 16.2 Å². The molecule has 0 bridgehead atoms. The molecule has 7 rings (SSSR count). The van der Waals surface area contributed by atoms with Gasteiger partial charge >= 0.3 is 0 Å². The molecule has 0 aliphatic carbocycles. The van der Waals surface area contributed by atoms with E-state index in [0.29, 0.717) is 23.7 Å². The minimum Gasteiger partial charge on any atom is -0.348 e. The smallest absolute Gasteiger partial charge is 0.186 e. The fourth-order valence-corrected chi connectivity index (χ4v) is 21.0. The summed E-state index contributed by atoms with van der Waals surface area (Å²) in [5.41, 5.74) is 6.27. The Morgan fingerprint density at radius 3 is 0.695 bits per heavy atom. The van der Waals surface area contributed by atoms with E-state index in [-0.39, 0.29) is 16.2 Å². The zero-order chi connectivity index (χ0) is 94.7. The predicted molar refractivity (Wildman–Crippen MR) is 565 cm³/mol. The maximum Gasteiger partial charge on any atom is 0.186 e. The molecule has 20 heteroatoms. The van der Waals surface area contributed by atoms with Gasteiger partial charge in [0, 0.05) is 92.8 Å². The lowest BCUT2D eigenvalue weighted by molar-refractivity contribution is 0.111. The zero-order valence-electron chi connectivity index (χ0n) is 85.1. The second-order valence-corrected chi connectivity index (χ2v) is 43.6. The molecule has 15 nitrogen and oxygen atoms in total. The Morgan fingerprint density at radius 1 is 0.258 bits per heavy atom. The number of benzene rings is 2. The van der Waals surface area contributed by atoms with Crippen molar-refractivity contribution in [3.63, 3.8) is 0 Å². The third kappa shape index (κ3) is 43.3. The van der Waals surface area contributed by atoms with Gasteiger partial charge in [-0.15, -0.1) is 0 Å². The summed E-state index contributed by atoms with van der Waals surface area (Å²) in [4.78, 5) is 98.3. The number of hydrogen-bond acceptors (Lipinski definition) is 20. The van der Waals surface area contributed by atoms with Crippen molar-refractivity contribution in [1.82, 2.24) is 24.9 Å². The number of carbonyl (C=O) groups is 5. The van der Waals surface area contributed by atoms with Crippen LogP contribution in [0.1, 0.15) is 456 Å². The Labute approximate surface area is 801 Å². The van der Waals surface area contributed by atoms with Crippen LogP contribution in [0.2, 0.25) is 0 Å². The molecule has 5 heterocycles. The highest BCUT2D eigenvalue weighted by Gasteiger charge is 2.31. The molecule has 0 amide bonds. The lowest BCUT2D eigenvalue weighted by atomic mass is 9.91. The van der Waals surface area contributed by atoms with Gasteiger partial charge in [-0.25, -0.2) is 24.9 Å². The molecule has 2 aromatic carbocycles. The zero-order valence-corrected chi connectivity index (χ0v) is 89.1. The normalized spacial score (nSPS) is 12.4. The second kappa shape index (κ2) is 67.2. The Bertz CT molecular complexity index is 3930. The summed E-state index contributed by atoms with van der Waals surface area (Å²) in [6, 6.07) is 20.1. The van der Waals surface area contributed by atoms with Crippen molar-refractivity contribution in [3.05, 3.63) is 102 Å². The van der Waals surface area contributed by atoms with Crippen molar-refractivity contribution < 1.29 is 24.0 Å². The van der Waals surface area contributed by atoms with Gasteiger partial charge in [-0.05, 0) is 87.9 Å². The van der Waals surface area contributed by atoms with Gasteiger partial charge in [-0.2, -0.15) is 0 Å². The summed E-state index contributed by atoms with van der Waals surface area (Å²) in [5.74, 6) is 2.75. The standard InChI is InChI=1S/C26H40N2OS.2C24H44N2OS.C18H24N2OS.C16H28N2OS/c1-5-9-14-21(7-3)18-28(19-22(8-4)15-10-6-2)26-27-25(24(20-29)30-26)23-16-12-11-13-17-23;1-8-12-14-19(10-3)16-26(17-20(11-4)15-13-9-2)23-25-22(24(5,6)7)21(18-27)28-23;1-6-8-10-12-14-16-18-26(19-17-15-13-11-9-7-2)23-25-22(24(3,4)5)21(20-27)28-23;1-3-5-12-20(13-6-4-2)18-19-17(16(14-21)22-18)15-10-8-7-9-11-15;1-6-8-10-18(11-9-7-2)15-17-14(16(3,4)5)13(12-19)20-15/h11-13,16-17,20-22H,5-10,14-15,18-19H2,1-4H3;18-20H,8-17H2,1-7H3;20H,6-19H2,1-5H3;7-11,14H,3-6,12-13H2,1-2H3;12H,6-11H2,1-5H3. The number of carbonyl (C=O) groups excluding carboxylic acids is 5. The van der Waals surface area contributed by atoms with Gasteiger partial charge < -0.3 is 24.5 Å². The number of hydrogen-bond donors (Lipinski definition) is 0. The summed E-state index contributed by atoms with van der Waals surface area (Å²) in [6.07, 6.45) is 50.0. The van der Waals surface area contributed by atoms with E-state index >= 15 is 0 Å². The average Bonchev–Trinajstić information content (AvgIpc) is 1.67. The lowest BCUT2D eigenvalue weighted by Gasteiger charge is -2.30. The molecule has 0 saturated heterocycles. The maximum absolute atomic E-state index is 11.8. The predicted octanol–water partition coefficient (Wildman–Crippen LogP) is 32.8. The molecule has 0 fully saturated rings.